The highest BCUT2D eigenvalue weighted by Crippen LogP contribution is 2.12. The van der Waals surface area contributed by atoms with Gasteiger partial charge in [0, 0.05) is 13.8 Å². The molecule has 0 heterocycles. The number of halogens is 3. The summed E-state index contributed by atoms with van der Waals surface area (Å²) in [4.78, 5) is 10.2. The van der Waals surface area contributed by atoms with Crippen LogP contribution in [0.2, 0.25) is 0 Å². The van der Waals surface area contributed by atoms with E-state index in [9.17, 15) is 13.6 Å². The first kappa shape index (κ1) is 13.2. The number of hydrogen-bond donors (Lipinski definition) is 2. The molecule has 0 radical (unpaired) electrons. The van der Waals surface area contributed by atoms with E-state index in [2.05, 4.69) is 0 Å². The standard InChI is InChI=1S/C5H10F2N2O.ClH/c1-3(10)9-4(8)5(2,6)7;/h4H,8H2,1-2H3,(H,9,10);1H. The van der Waals surface area contributed by atoms with Crippen LogP contribution in [0, 0.1) is 0 Å². The van der Waals surface area contributed by atoms with Crippen molar-refractivity contribution in [3.8, 4) is 0 Å². The largest absolute Gasteiger partial charge is 0.336 e. The van der Waals surface area contributed by atoms with Crippen LogP contribution in [0.15, 0.2) is 0 Å². The summed E-state index contributed by atoms with van der Waals surface area (Å²) in [5, 5.41) is 1.87. The fourth-order valence-corrected chi connectivity index (χ4v) is 0.346. The van der Waals surface area contributed by atoms with E-state index in [0.717, 1.165) is 6.92 Å². The van der Waals surface area contributed by atoms with E-state index < -0.39 is 18.0 Å². The van der Waals surface area contributed by atoms with Gasteiger partial charge in [-0.2, -0.15) is 0 Å². The Kier molecular flexibility index (Phi) is 5.34. The first-order valence-electron chi connectivity index (χ1n) is 2.74. The lowest BCUT2D eigenvalue weighted by molar-refractivity contribution is -0.122. The van der Waals surface area contributed by atoms with Gasteiger partial charge in [-0.15, -0.1) is 12.4 Å². The lowest BCUT2D eigenvalue weighted by atomic mass is 10.3. The molecule has 0 rings (SSSR count). The van der Waals surface area contributed by atoms with Crippen LogP contribution in [0.4, 0.5) is 8.78 Å². The predicted octanol–water partition coefficient (Wildman–Crippen LogP) is 0.484. The van der Waals surface area contributed by atoms with E-state index in [-0.39, 0.29) is 12.4 Å². The second-order valence-corrected chi connectivity index (χ2v) is 2.13. The molecule has 1 atom stereocenters. The van der Waals surface area contributed by atoms with E-state index in [1.807, 2.05) is 5.32 Å². The molecule has 3 nitrogen and oxygen atoms in total. The molecule has 11 heavy (non-hydrogen) atoms. The minimum absolute atomic E-state index is 0. The summed E-state index contributed by atoms with van der Waals surface area (Å²) in [6.45, 7) is 1.78. The third kappa shape index (κ3) is 6.00. The predicted molar refractivity (Wildman–Crippen MR) is 39.7 cm³/mol. The van der Waals surface area contributed by atoms with E-state index in [4.69, 9.17) is 5.73 Å². The average Bonchev–Trinajstić information content (AvgIpc) is 1.60. The van der Waals surface area contributed by atoms with Crippen LogP contribution in [0.1, 0.15) is 13.8 Å². The molecule has 0 saturated heterocycles. The Morgan fingerprint density at radius 2 is 2.00 bits per heavy atom. The van der Waals surface area contributed by atoms with Crippen molar-refractivity contribution < 1.29 is 13.6 Å². The van der Waals surface area contributed by atoms with Crippen LogP contribution >= 0.6 is 12.4 Å². The highest BCUT2D eigenvalue weighted by atomic mass is 35.5. The maximum absolute atomic E-state index is 12.1. The van der Waals surface area contributed by atoms with E-state index in [0.29, 0.717) is 6.92 Å². The zero-order chi connectivity index (χ0) is 8.36. The molecule has 3 N–H and O–H groups in total. The van der Waals surface area contributed by atoms with Crippen LogP contribution in [-0.4, -0.2) is 18.0 Å². The average molecular weight is 189 g/mol. The van der Waals surface area contributed by atoms with Crippen LogP contribution in [0.5, 0.6) is 0 Å². The molecular formula is C5H11ClF2N2O. The molecule has 0 aromatic carbocycles. The van der Waals surface area contributed by atoms with Gasteiger partial charge in [0.2, 0.25) is 5.91 Å². The molecule has 6 heteroatoms. The molecule has 0 aromatic heterocycles. The van der Waals surface area contributed by atoms with Crippen molar-refractivity contribution in [3.63, 3.8) is 0 Å². The number of hydrogen-bond acceptors (Lipinski definition) is 2. The zero-order valence-corrected chi connectivity index (χ0v) is 7.04. The highest BCUT2D eigenvalue weighted by Gasteiger charge is 2.31. The number of rotatable bonds is 2. The summed E-state index contributed by atoms with van der Waals surface area (Å²) in [7, 11) is 0. The Morgan fingerprint density at radius 3 is 2.09 bits per heavy atom. The number of carbonyl (C=O) groups excluding carboxylic acids is 1. The van der Waals surface area contributed by atoms with Gasteiger partial charge in [-0.25, -0.2) is 8.78 Å². The summed E-state index contributed by atoms with van der Waals surface area (Å²) < 4.78 is 24.3. The molecule has 0 fully saturated rings. The third-order valence-corrected chi connectivity index (χ3v) is 0.905. The van der Waals surface area contributed by atoms with Crippen LogP contribution in [0.25, 0.3) is 0 Å². The maximum Gasteiger partial charge on any atom is 0.278 e. The molecule has 0 spiro atoms. The van der Waals surface area contributed by atoms with Gasteiger partial charge in [0.05, 0.1) is 0 Å². The molecule has 68 valence electrons. The summed E-state index contributed by atoms with van der Waals surface area (Å²) in [5.74, 6) is -3.62. The van der Waals surface area contributed by atoms with E-state index in [1.165, 1.54) is 0 Å². The fraction of sp³-hybridized carbons (Fsp3) is 0.800. The highest BCUT2D eigenvalue weighted by molar-refractivity contribution is 5.85. The van der Waals surface area contributed by atoms with Crippen molar-refractivity contribution in [1.29, 1.82) is 0 Å². The summed E-state index contributed by atoms with van der Waals surface area (Å²) >= 11 is 0. The van der Waals surface area contributed by atoms with Gasteiger partial charge < -0.3 is 11.1 Å². The molecule has 0 aliphatic rings. The van der Waals surface area contributed by atoms with Gasteiger partial charge >= 0.3 is 0 Å². The zero-order valence-electron chi connectivity index (χ0n) is 6.23. The first-order valence-corrected chi connectivity index (χ1v) is 2.74. The minimum Gasteiger partial charge on any atom is -0.336 e. The molecule has 0 bridgehead atoms. The second-order valence-electron chi connectivity index (χ2n) is 2.13. The first-order chi connectivity index (χ1) is 4.34. The summed E-state index contributed by atoms with van der Waals surface area (Å²) in [6, 6.07) is 0. The van der Waals surface area contributed by atoms with Crippen molar-refractivity contribution in [3.05, 3.63) is 0 Å². The number of alkyl halides is 2. The molecule has 0 aliphatic carbocycles. The Labute approximate surface area is 69.7 Å². The van der Waals surface area contributed by atoms with Crippen LogP contribution in [-0.2, 0) is 4.79 Å². The molecular weight excluding hydrogens is 178 g/mol. The van der Waals surface area contributed by atoms with Gasteiger partial charge in [-0.1, -0.05) is 0 Å². The normalized spacial score (nSPS) is 13.2. The fourth-order valence-electron chi connectivity index (χ4n) is 0.346. The van der Waals surface area contributed by atoms with E-state index in [1.54, 1.807) is 0 Å². The monoisotopic (exact) mass is 188 g/mol. The molecule has 1 amide bonds. The van der Waals surface area contributed by atoms with Crippen LogP contribution < -0.4 is 11.1 Å². The SMILES string of the molecule is CC(=O)NC(N)C(C)(F)F.Cl. The Balaban J connectivity index is 0. The molecule has 0 saturated carbocycles. The van der Waals surface area contributed by atoms with Crippen molar-refractivity contribution >= 4 is 18.3 Å². The second kappa shape index (κ2) is 4.46. The van der Waals surface area contributed by atoms with Crippen molar-refractivity contribution in [1.82, 2.24) is 5.32 Å². The summed E-state index contributed by atoms with van der Waals surface area (Å²) in [6.07, 6.45) is -1.59. The number of nitrogens with two attached hydrogens (primary N) is 1. The van der Waals surface area contributed by atoms with Gasteiger partial charge in [0.15, 0.2) is 0 Å². The Morgan fingerprint density at radius 1 is 1.64 bits per heavy atom. The van der Waals surface area contributed by atoms with Gasteiger partial charge in [-0.3, -0.25) is 4.79 Å². The van der Waals surface area contributed by atoms with Crippen molar-refractivity contribution in [2.24, 2.45) is 5.73 Å². The topological polar surface area (TPSA) is 55.1 Å². The molecule has 0 aromatic rings. The number of amides is 1. The lowest BCUT2D eigenvalue weighted by Gasteiger charge is -2.19. The van der Waals surface area contributed by atoms with Gasteiger partial charge in [0.1, 0.15) is 6.17 Å². The third-order valence-electron chi connectivity index (χ3n) is 0.905. The Bertz CT molecular complexity index is 137. The smallest absolute Gasteiger partial charge is 0.278 e. The van der Waals surface area contributed by atoms with Crippen molar-refractivity contribution in [2.45, 2.75) is 25.9 Å². The minimum atomic E-state index is -3.06. The Hall–Kier alpha value is -0.420. The van der Waals surface area contributed by atoms with Gasteiger partial charge in [0.25, 0.3) is 5.92 Å². The van der Waals surface area contributed by atoms with Gasteiger partial charge in [-0.05, 0) is 0 Å². The molecule has 1 unspecified atom stereocenters. The van der Waals surface area contributed by atoms with E-state index >= 15 is 0 Å². The number of carbonyl (C=O) groups is 1. The number of nitrogens with one attached hydrogen (secondary N) is 1. The maximum atomic E-state index is 12.1. The van der Waals surface area contributed by atoms with Crippen LogP contribution in [0.3, 0.4) is 0 Å². The van der Waals surface area contributed by atoms with Crippen molar-refractivity contribution in [2.75, 3.05) is 0 Å². The summed E-state index contributed by atoms with van der Waals surface area (Å²) in [5.41, 5.74) is 4.87. The molecule has 0 aliphatic heterocycles. The lowest BCUT2D eigenvalue weighted by Crippen LogP contribution is -2.51. The quantitative estimate of drug-likeness (QED) is 0.620.